The highest BCUT2D eigenvalue weighted by molar-refractivity contribution is 5.43. The Bertz CT molecular complexity index is 596. The van der Waals surface area contributed by atoms with Gasteiger partial charge in [-0.3, -0.25) is 0 Å². The summed E-state index contributed by atoms with van der Waals surface area (Å²) in [5, 5.41) is 0. The Morgan fingerprint density at radius 1 is 1.25 bits per heavy atom. The second-order valence-electron chi connectivity index (χ2n) is 5.09. The molecule has 1 aromatic heterocycles. The third-order valence-corrected chi connectivity index (χ3v) is 3.72. The smallest absolute Gasteiger partial charge is 0.144 e. The number of rotatable bonds is 5. The molecule has 2 aromatic rings. The summed E-state index contributed by atoms with van der Waals surface area (Å²) < 4.78 is 5.16. The first kappa shape index (κ1) is 13.0. The lowest BCUT2D eigenvalue weighted by molar-refractivity contribution is 0.181. The number of hydrazine groups is 1. The molecule has 0 saturated heterocycles. The Kier molecular flexibility index (Phi) is 3.38. The van der Waals surface area contributed by atoms with Crippen LogP contribution in [0.2, 0.25) is 0 Å². The van der Waals surface area contributed by atoms with Crippen molar-refractivity contribution >= 4 is 5.82 Å². The fourth-order valence-corrected chi connectivity index (χ4v) is 2.53. The Morgan fingerprint density at radius 3 is 2.60 bits per heavy atom. The minimum Gasteiger partial charge on any atom is -0.378 e. The summed E-state index contributed by atoms with van der Waals surface area (Å²) >= 11 is 0. The maximum atomic E-state index is 5.51. The van der Waals surface area contributed by atoms with Gasteiger partial charge in [-0.2, -0.15) is 0 Å². The topological polar surface area (TPSA) is 73.1 Å². The van der Waals surface area contributed by atoms with Crippen molar-refractivity contribution in [1.82, 2.24) is 9.97 Å². The molecule has 0 radical (unpaired) electrons. The van der Waals surface area contributed by atoms with Crippen molar-refractivity contribution in [2.75, 3.05) is 12.5 Å². The number of nitrogens with one attached hydrogen (secondary N) is 1. The van der Waals surface area contributed by atoms with Gasteiger partial charge in [-0.25, -0.2) is 15.8 Å². The van der Waals surface area contributed by atoms with E-state index < -0.39 is 0 Å². The van der Waals surface area contributed by atoms with Crippen LogP contribution in [0.5, 0.6) is 0 Å². The fraction of sp³-hybridized carbons (Fsp3) is 0.333. The third kappa shape index (κ3) is 2.26. The number of hydrogen-bond donors (Lipinski definition) is 2. The molecule has 20 heavy (non-hydrogen) atoms. The number of hydrogen-bond acceptors (Lipinski definition) is 5. The first-order valence-corrected chi connectivity index (χ1v) is 6.68. The summed E-state index contributed by atoms with van der Waals surface area (Å²) in [4.78, 5) is 9.19. The van der Waals surface area contributed by atoms with Gasteiger partial charge >= 0.3 is 0 Å². The van der Waals surface area contributed by atoms with Crippen LogP contribution in [0.25, 0.3) is 0 Å². The molecular weight excluding hydrogens is 252 g/mol. The molecular formula is C15H18N4O. The zero-order chi connectivity index (χ0) is 14.0. The van der Waals surface area contributed by atoms with Crippen LogP contribution in [0.15, 0.2) is 36.4 Å². The minimum atomic E-state index is -0.0589. The van der Waals surface area contributed by atoms with Crippen LogP contribution in [-0.2, 0) is 16.8 Å². The van der Waals surface area contributed by atoms with Gasteiger partial charge in [0.1, 0.15) is 11.6 Å². The number of anilines is 1. The van der Waals surface area contributed by atoms with Gasteiger partial charge in [-0.05, 0) is 18.4 Å². The highest BCUT2D eigenvalue weighted by atomic mass is 16.5. The summed E-state index contributed by atoms with van der Waals surface area (Å²) in [6, 6.07) is 12.2. The van der Waals surface area contributed by atoms with Crippen LogP contribution in [-0.4, -0.2) is 17.1 Å². The molecule has 1 fully saturated rings. The van der Waals surface area contributed by atoms with Crippen LogP contribution in [0.1, 0.15) is 29.9 Å². The minimum absolute atomic E-state index is 0.0589. The summed E-state index contributed by atoms with van der Waals surface area (Å²) in [6.45, 7) is 0.453. The first-order valence-electron chi connectivity index (χ1n) is 6.68. The monoisotopic (exact) mass is 270 g/mol. The predicted molar refractivity (Wildman–Crippen MR) is 77.0 cm³/mol. The maximum Gasteiger partial charge on any atom is 0.144 e. The summed E-state index contributed by atoms with van der Waals surface area (Å²) in [6.07, 6.45) is 2.13. The Morgan fingerprint density at radius 2 is 2.00 bits per heavy atom. The van der Waals surface area contributed by atoms with Crippen LogP contribution >= 0.6 is 0 Å². The van der Waals surface area contributed by atoms with Gasteiger partial charge in [0.15, 0.2) is 0 Å². The van der Waals surface area contributed by atoms with E-state index in [0.29, 0.717) is 12.4 Å². The molecule has 5 heteroatoms. The standard InChI is InChI=1S/C15H18N4O/c1-20-10-12-9-13(19-16)18-14(17-12)15(7-8-15)11-5-3-2-4-6-11/h2-6,9H,7-8,10,16H2,1H3,(H,17,18,19). The van der Waals surface area contributed by atoms with Crippen molar-refractivity contribution in [3.8, 4) is 0 Å². The van der Waals surface area contributed by atoms with Gasteiger partial charge in [0.2, 0.25) is 0 Å². The molecule has 0 unspecified atom stereocenters. The van der Waals surface area contributed by atoms with E-state index >= 15 is 0 Å². The molecule has 0 bridgehead atoms. The molecule has 1 aromatic carbocycles. The van der Waals surface area contributed by atoms with E-state index in [1.165, 1.54) is 5.56 Å². The van der Waals surface area contributed by atoms with E-state index in [9.17, 15) is 0 Å². The van der Waals surface area contributed by atoms with Gasteiger partial charge < -0.3 is 10.2 Å². The predicted octanol–water partition coefficient (Wildman–Crippen LogP) is 1.99. The third-order valence-electron chi connectivity index (χ3n) is 3.72. The van der Waals surface area contributed by atoms with Gasteiger partial charge in [0.05, 0.1) is 17.7 Å². The van der Waals surface area contributed by atoms with E-state index in [2.05, 4.69) is 39.7 Å². The second kappa shape index (κ2) is 5.19. The molecule has 104 valence electrons. The van der Waals surface area contributed by atoms with Crippen molar-refractivity contribution in [3.63, 3.8) is 0 Å². The average molecular weight is 270 g/mol. The van der Waals surface area contributed by atoms with Gasteiger partial charge in [-0.1, -0.05) is 30.3 Å². The SMILES string of the molecule is COCc1cc(NN)nc(C2(c3ccccc3)CC2)n1. The molecule has 0 aliphatic heterocycles. The van der Waals surface area contributed by atoms with E-state index in [0.717, 1.165) is 24.4 Å². The van der Waals surface area contributed by atoms with E-state index in [1.54, 1.807) is 7.11 Å². The van der Waals surface area contributed by atoms with Gasteiger partial charge in [-0.15, -0.1) is 0 Å². The fourth-order valence-electron chi connectivity index (χ4n) is 2.53. The van der Waals surface area contributed by atoms with E-state index in [4.69, 9.17) is 10.6 Å². The lowest BCUT2D eigenvalue weighted by Crippen LogP contribution is -2.18. The number of benzene rings is 1. The molecule has 0 spiro atoms. The van der Waals surface area contributed by atoms with Crippen LogP contribution < -0.4 is 11.3 Å². The molecule has 1 aliphatic rings. The molecule has 1 heterocycles. The van der Waals surface area contributed by atoms with Gasteiger partial charge in [0.25, 0.3) is 0 Å². The Hall–Kier alpha value is -1.98. The van der Waals surface area contributed by atoms with Crippen molar-refractivity contribution < 1.29 is 4.74 Å². The number of aromatic nitrogens is 2. The quantitative estimate of drug-likeness (QED) is 0.642. The summed E-state index contributed by atoms with van der Waals surface area (Å²) in [5.74, 6) is 6.96. The number of nitrogens with zero attached hydrogens (tertiary/aromatic N) is 2. The van der Waals surface area contributed by atoms with Crippen LogP contribution in [0, 0.1) is 0 Å². The summed E-state index contributed by atoms with van der Waals surface area (Å²) in [5.41, 5.74) is 4.65. The van der Waals surface area contributed by atoms with Crippen molar-refractivity contribution in [2.45, 2.75) is 24.9 Å². The average Bonchev–Trinajstić information content (AvgIpc) is 3.30. The number of ether oxygens (including phenoxy) is 1. The molecule has 5 nitrogen and oxygen atoms in total. The number of nitrogens with two attached hydrogens (primary N) is 1. The zero-order valence-corrected chi connectivity index (χ0v) is 11.5. The zero-order valence-electron chi connectivity index (χ0n) is 11.5. The van der Waals surface area contributed by atoms with Crippen LogP contribution in [0.4, 0.5) is 5.82 Å². The lowest BCUT2D eigenvalue weighted by atomic mass is 9.95. The van der Waals surface area contributed by atoms with Crippen molar-refractivity contribution in [2.24, 2.45) is 5.84 Å². The van der Waals surface area contributed by atoms with Crippen molar-refractivity contribution in [1.29, 1.82) is 0 Å². The number of nitrogen functional groups attached to an aromatic ring is 1. The summed E-state index contributed by atoms with van der Waals surface area (Å²) in [7, 11) is 1.65. The van der Waals surface area contributed by atoms with Crippen molar-refractivity contribution in [3.05, 3.63) is 53.5 Å². The molecule has 1 aliphatic carbocycles. The maximum absolute atomic E-state index is 5.51. The molecule has 3 rings (SSSR count). The normalized spacial score (nSPS) is 15.9. The largest absolute Gasteiger partial charge is 0.378 e. The Balaban J connectivity index is 2.03. The number of methoxy groups -OCH3 is 1. The highest BCUT2D eigenvalue weighted by Crippen LogP contribution is 2.52. The van der Waals surface area contributed by atoms with E-state index in [1.807, 2.05) is 12.1 Å². The van der Waals surface area contributed by atoms with Gasteiger partial charge in [0, 0.05) is 13.2 Å². The first-order chi connectivity index (χ1) is 9.78. The highest BCUT2D eigenvalue weighted by Gasteiger charge is 2.48. The molecule has 0 atom stereocenters. The van der Waals surface area contributed by atoms with E-state index in [-0.39, 0.29) is 5.41 Å². The molecule has 0 amide bonds. The molecule has 1 saturated carbocycles. The Labute approximate surface area is 118 Å². The lowest BCUT2D eigenvalue weighted by Gasteiger charge is -2.16. The van der Waals surface area contributed by atoms with Crippen LogP contribution in [0.3, 0.4) is 0 Å². The molecule has 3 N–H and O–H groups in total. The second-order valence-corrected chi connectivity index (χ2v) is 5.09.